The van der Waals surface area contributed by atoms with Gasteiger partial charge in [-0.05, 0) is 24.6 Å². The number of carbonyl (C=O) groups is 1. The van der Waals surface area contributed by atoms with Gasteiger partial charge in [-0.1, -0.05) is 6.92 Å². The second-order valence-corrected chi connectivity index (χ2v) is 7.41. The third kappa shape index (κ3) is 2.59. The van der Waals surface area contributed by atoms with Crippen molar-refractivity contribution in [3.63, 3.8) is 0 Å². The summed E-state index contributed by atoms with van der Waals surface area (Å²) in [7, 11) is 1.55. The highest BCUT2D eigenvalue weighted by molar-refractivity contribution is 8.13. The lowest BCUT2D eigenvalue weighted by atomic mass is 10.2. The first-order valence-electron chi connectivity index (χ1n) is 4.98. The standard InChI is InChI=1S/C10H10ClNO3S2/c1-2-8-10(13)12-7-4-3-6(17(11,14)15)5-9(7)16-8/h3-5,8H,2H2,1H3,(H,12,13). The zero-order valence-electron chi connectivity index (χ0n) is 8.94. The number of thioether (sulfide) groups is 1. The molecule has 0 aliphatic carbocycles. The third-order valence-corrected chi connectivity index (χ3v) is 5.20. The van der Waals surface area contributed by atoms with Crippen molar-refractivity contribution < 1.29 is 13.2 Å². The van der Waals surface area contributed by atoms with Gasteiger partial charge in [0.05, 0.1) is 15.8 Å². The molecule has 0 spiro atoms. The Morgan fingerprint density at radius 3 is 2.76 bits per heavy atom. The molecule has 7 heteroatoms. The Kier molecular flexibility index (Phi) is 3.38. The van der Waals surface area contributed by atoms with E-state index in [1.165, 1.54) is 23.9 Å². The Labute approximate surface area is 108 Å². The van der Waals surface area contributed by atoms with E-state index in [0.717, 1.165) is 4.90 Å². The van der Waals surface area contributed by atoms with Crippen molar-refractivity contribution in [3.05, 3.63) is 18.2 Å². The quantitative estimate of drug-likeness (QED) is 0.850. The van der Waals surface area contributed by atoms with E-state index >= 15 is 0 Å². The van der Waals surface area contributed by atoms with Gasteiger partial charge in [-0.2, -0.15) is 0 Å². The van der Waals surface area contributed by atoms with Crippen molar-refractivity contribution >= 4 is 43.1 Å². The second-order valence-electron chi connectivity index (χ2n) is 3.60. The van der Waals surface area contributed by atoms with Crippen LogP contribution in [-0.2, 0) is 13.8 Å². The Bertz CT molecular complexity index is 571. The predicted molar refractivity (Wildman–Crippen MR) is 68.0 cm³/mol. The minimum atomic E-state index is -3.73. The number of rotatable bonds is 2. The van der Waals surface area contributed by atoms with Crippen molar-refractivity contribution in [2.45, 2.75) is 28.4 Å². The minimum Gasteiger partial charge on any atom is -0.324 e. The SMILES string of the molecule is CCC1Sc2cc(S(=O)(=O)Cl)ccc2NC1=O. The van der Waals surface area contributed by atoms with Crippen LogP contribution in [0.5, 0.6) is 0 Å². The van der Waals surface area contributed by atoms with E-state index in [1.54, 1.807) is 6.07 Å². The molecule has 1 aromatic carbocycles. The van der Waals surface area contributed by atoms with Gasteiger partial charge in [-0.3, -0.25) is 4.79 Å². The normalized spacial score (nSPS) is 19.6. The van der Waals surface area contributed by atoms with E-state index in [4.69, 9.17) is 10.7 Å². The molecule has 1 aromatic rings. The fraction of sp³-hybridized carbons (Fsp3) is 0.300. The number of fused-ring (bicyclic) bond motifs is 1. The molecule has 2 rings (SSSR count). The van der Waals surface area contributed by atoms with E-state index in [9.17, 15) is 13.2 Å². The van der Waals surface area contributed by atoms with Gasteiger partial charge in [0.1, 0.15) is 0 Å². The van der Waals surface area contributed by atoms with E-state index in [0.29, 0.717) is 12.1 Å². The monoisotopic (exact) mass is 291 g/mol. The van der Waals surface area contributed by atoms with Crippen LogP contribution in [0, 0.1) is 0 Å². The Morgan fingerprint density at radius 1 is 1.47 bits per heavy atom. The molecule has 0 saturated carbocycles. The first-order valence-corrected chi connectivity index (χ1v) is 8.17. The van der Waals surface area contributed by atoms with Crippen molar-refractivity contribution in [2.75, 3.05) is 5.32 Å². The van der Waals surface area contributed by atoms with Crippen LogP contribution in [0.3, 0.4) is 0 Å². The summed E-state index contributed by atoms with van der Waals surface area (Å²) in [6, 6.07) is 4.43. The maximum absolute atomic E-state index is 11.6. The molecule has 1 unspecified atom stereocenters. The van der Waals surface area contributed by atoms with Crippen LogP contribution in [-0.4, -0.2) is 19.6 Å². The van der Waals surface area contributed by atoms with Crippen LogP contribution in [0.2, 0.25) is 0 Å². The van der Waals surface area contributed by atoms with Crippen LogP contribution in [0.1, 0.15) is 13.3 Å². The number of halogens is 1. The van der Waals surface area contributed by atoms with Crippen LogP contribution < -0.4 is 5.32 Å². The van der Waals surface area contributed by atoms with E-state index < -0.39 is 9.05 Å². The number of hydrogen-bond acceptors (Lipinski definition) is 4. The van der Waals surface area contributed by atoms with E-state index in [-0.39, 0.29) is 16.1 Å². The summed E-state index contributed by atoms with van der Waals surface area (Å²) in [5.74, 6) is -0.0496. The van der Waals surface area contributed by atoms with Gasteiger partial charge in [-0.15, -0.1) is 11.8 Å². The molecule has 1 heterocycles. The molecular formula is C10H10ClNO3S2. The summed E-state index contributed by atoms with van der Waals surface area (Å²) >= 11 is 1.36. The maximum atomic E-state index is 11.6. The average molecular weight is 292 g/mol. The Hall–Kier alpha value is -0.720. The van der Waals surface area contributed by atoms with Gasteiger partial charge < -0.3 is 5.32 Å². The third-order valence-electron chi connectivity index (χ3n) is 2.42. The molecule has 4 nitrogen and oxygen atoms in total. The molecule has 1 atom stereocenters. The summed E-state index contributed by atoms with van der Waals surface area (Å²) in [5.41, 5.74) is 0.633. The molecule has 0 aromatic heterocycles. The van der Waals surface area contributed by atoms with Crippen molar-refractivity contribution in [3.8, 4) is 0 Å². The van der Waals surface area contributed by atoms with Crippen molar-refractivity contribution in [2.24, 2.45) is 0 Å². The fourth-order valence-electron chi connectivity index (χ4n) is 1.54. The van der Waals surface area contributed by atoms with Gasteiger partial charge in [0.15, 0.2) is 0 Å². The lowest BCUT2D eigenvalue weighted by molar-refractivity contribution is -0.115. The van der Waals surface area contributed by atoms with Crippen LogP contribution in [0.15, 0.2) is 28.0 Å². The number of amides is 1. The van der Waals surface area contributed by atoms with Gasteiger partial charge >= 0.3 is 0 Å². The van der Waals surface area contributed by atoms with Gasteiger partial charge in [0, 0.05) is 15.6 Å². The molecular weight excluding hydrogens is 282 g/mol. The van der Waals surface area contributed by atoms with E-state index in [1.807, 2.05) is 6.92 Å². The minimum absolute atomic E-state index is 0.0496. The highest BCUT2D eigenvalue weighted by Crippen LogP contribution is 2.38. The van der Waals surface area contributed by atoms with Crippen LogP contribution in [0.25, 0.3) is 0 Å². The van der Waals surface area contributed by atoms with Crippen LogP contribution in [0.4, 0.5) is 5.69 Å². The smallest absolute Gasteiger partial charge is 0.261 e. The summed E-state index contributed by atoms with van der Waals surface area (Å²) in [5, 5.41) is 2.56. The molecule has 17 heavy (non-hydrogen) atoms. The predicted octanol–water partition coefficient (Wildman–Crippen LogP) is 2.44. The molecule has 0 radical (unpaired) electrons. The first-order chi connectivity index (χ1) is 7.91. The highest BCUT2D eigenvalue weighted by Gasteiger charge is 2.26. The molecule has 0 saturated heterocycles. The summed E-state index contributed by atoms with van der Waals surface area (Å²) < 4.78 is 22.4. The van der Waals surface area contributed by atoms with Crippen molar-refractivity contribution in [1.29, 1.82) is 0 Å². The summed E-state index contributed by atoms with van der Waals surface area (Å²) in [6.07, 6.45) is 0.688. The summed E-state index contributed by atoms with van der Waals surface area (Å²) in [6.45, 7) is 1.91. The molecule has 0 fully saturated rings. The van der Waals surface area contributed by atoms with Crippen LogP contribution >= 0.6 is 22.4 Å². The molecule has 1 aliphatic heterocycles. The van der Waals surface area contributed by atoms with E-state index in [2.05, 4.69) is 5.32 Å². The zero-order chi connectivity index (χ0) is 12.6. The zero-order valence-corrected chi connectivity index (χ0v) is 11.3. The molecule has 92 valence electrons. The second kappa shape index (κ2) is 4.51. The fourth-order valence-corrected chi connectivity index (χ4v) is 3.48. The topological polar surface area (TPSA) is 63.2 Å². The number of nitrogens with one attached hydrogen (secondary N) is 1. The van der Waals surface area contributed by atoms with Gasteiger partial charge in [0.2, 0.25) is 5.91 Å². The Morgan fingerprint density at radius 2 is 2.18 bits per heavy atom. The lowest BCUT2D eigenvalue weighted by Gasteiger charge is -2.23. The number of carbonyl (C=O) groups excluding carboxylic acids is 1. The Balaban J connectivity index is 2.44. The lowest BCUT2D eigenvalue weighted by Crippen LogP contribution is -2.28. The van der Waals surface area contributed by atoms with Gasteiger partial charge in [-0.25, -0.2) is 8.42 Å². The largest absolute Gasteiger partial charge is 0.324 e. The molecule has 1 N–H and O–H groups in total. The summed E-state index contributed by atoms with van der Waals surface area (Å²) in [4.78, 5) is 12.4. The highest BCUT2D eigenvalue weighted by atomic mass is 35.7. The number of benzene rings is 1. The number of anilines is 1. The first kappa shape index (κ1) is 12.7. The average Bonchev–Trinajstić information content (AvgIpc) is 2.26. The molecule has 1 aliphatic rings. The van der Waals surface area contributed by atoms with Crippen molar-refractivity contribution in [1.82, 2.24) is 0 Å². The number of hydrogen-bond donors (Lipinski definition) is 1. The van der Waals surface area contributed by atoms with Gasteiger partial charge in [0.25, 0.3) is 9.05 Å². The maximum Gasteiger partial charge on any atom is 0.261 e. The molecule has 0 bridgehead atoms. The molecule has 1 amide bonds.